The molecule has 178 valence electrons. The average molecular weight is 469 g/mol. The third kappa shape index (κ3) is 4.87. The minimum atomic E-state index is -0.0389. The number of aromatic nitrogens is 4. The number of anilines is 1. The van der Waals surface area contributed by atoms with Crippen LogP contribution >= 0.6 is 0 Å². The van der Waals surface area contributed by atoms with Crippen molar-refractivity contribution >= 4 is 22.8 Å². The van der Waals surface area contributed by atoms with Crippen molar-refractivity contribution in [1.82, 2.24) is 25.1 Å². The molecule has 8 nitrogen and oxygen atoms in total. The first-order valence-corrected chi connectivity index (χ1v) is 11.9. The molecule has 1 amide bonds. The first kappa shape index (κ1) is 22.6. The molecule has 4 aromatic rings. The van der Waals surface area contributed by atoms with Crippen LogP contribution in [-0.4, -0.2) is 31.7 Å². The van der Waals surface area contributed by atoms with E-state index in [1.165, 1.54) is 6.33 Å². The first-order chi connectivity index (χ1) is 17.1. The highest BCUT2D eigenvalue weighted by atomic mass is 16.5. The number of nitrogens with one attached hydrogen (secondary N) is 1. The van der Waals surface area contributed by atoms with Gasteiger partial charge in [-0.15, -0.1) is 0 Å². The number of benzene rings is 2. The molecule has 0 radical (unpaired) electrons. The fraction of sp³-hybridized carbons (Fsp3) is 0.259. The van der Waals surface area contributed by atoms with Crippen LogP contribution in [0, 0.1) is 0 Å². The van der Waals surface area contributed by atoms with Gasteiger partial charge in [-0.3, -0.25) is 4.79 Å². The van der Waals surface area contributed by atoms with E-state index in [1.54, 1.807) is 12.2 Å². The lowest BCUT2D eigenvalue weighted by Crippen LogP contribution is -2.37. The monoisotopic (exact) mass is 468 g/mol. The molecule has 35 heavy (non-hydrogen) atoms. The molecule has 3 N–H and O–H groups in total. The number of carbonyl (C=O) groups excluding carboxylic acids is 1. The van der Waals surface area contributed by atoms with E-state index < -0.39 is 0 Å². The Bertz CT molecular complexity index is 1340. The van der Waals surface area contributed by atoms with Gasteiger partial charge < -0.3 is 15.8 Å². The fourth-order valence-corrected chi connectivity index (χ4v) is 4.62. The Morgan fingerprint density at radius 1 is 1.03 bits per heavy atom. The van der Waals surface area contributed by atoms with Crippen molar-refractivity contribution in [2.45, 2.75) is 44.7 Å². The van der Waals surface area contributed by atoms with Crippen LogP contribution in [0.4, 0.5) is 5.82 Å². The highest BCUT2D eigenvalue weighted by molar-refractivity contribution is 5.98. The quantitative estimate of drug-likeness (QED) is 0.384. The maximum Gasteiger partial charge on any atom is 0.243 e. The largest absolute Gasteiger partial charge is 0.457 e. The molecule has 2 aromatic heterocycles. The van der Waals surface area contributed by atoms with E-state index in [4.69, 9.17) is 15.6 Å². The molecule has 0 saturated heterocycles. The van der Waals surface area contributed by atoms with Crippen LogP contribution in [0.2, 0.25) is 0 Å². The number of carbonyl (C=O) groups is 1. The van der Waals surface area contributed by atoms with E-state index in [1.807, 2.05) is 66.2 Å². The van der Waals surface area contributed by atoms with E-state index in [0.29, 0.717) is 5.82 Å². The van der Waals surface area contributed by atoms with Crippen molar-refractivity contribution < 1.29 is 9.53 Å². The molecule has 1 fully saturated rings. The number of para-hydroxylation sites is 1. The summed E-state index contributed by atoms with van der Waals surface area (Å²) in [6.07, 6.45) is 8.36. The van der Waals surface area contributed by atoms with Gasteiger partial charge in [0.1, 0.15) is 29.3 Å². The molecule has 8 heteroatoms. The van der Waals surface area contributed by atoms with Gasteiger partial charge in [-0.1, -0.05) is 24.3 Å². The highest BCUT2D eigenvalue weighted by Crippen LogP contribution is 2.36. The number of hydrogen-bond acceptors (Lipinski definition) is 6. The topological polar surface area (TPSA) is 108 Å². The standard InChI is InChI=1S/C27H28N6O2/c1-2-6-23(34)31-19-11-13-20(14-12-19)33-27-24(26(28)29-17-30-27)25(32-33)18-9-15-22(16-10-18)35-21-7-4-3-5-8-21/h2-10,15-17,19-20H,11-14H2,1H3,(H,31,34)(H2,28,29,30)/b6-2+/t19-,20+. The fourth-order valence-electron chi connectivity index (χ4n) is 4.62. The molecule has 1 aliphatic carbocycles. The maximum atomic E-state index is 11.9. The summed E-state index contributed by atoms with van der Waals surface area (Å²) < 4.78 is 7.91. The summed E-state index contributed by atoms with van der Waals surface area (Å²) in [7, 11) is 0. The third-order valence-corrected chi connectivity index (χ3v) is 6.33. The van der Waals surface area contributed by atoms with Crippen molar-refractivity contribution in [3.8, 4) is 22.8 Å². The number of nitrogens with two attached hydrogens (primary N) is 1. The van der Waals surface area contributed by atoms with E-state index in [0.717, 1.165) is 59.5 Å². The molecule has 0 aliphatic heterocycles. The molecule has 0 spiro atoms. The summed E-state index contributed by atoms with van der Waals surface area (Å²) in [4.78, 5) is 20.7. The number of fused-ring (bicyclic) bond motifs is 1. The predicted octanol–water partition coefficient (Wildman–Crippen LogP) is 5.04. The Labute approximate surface area is 203 Å². The Morgan fingerprint density at radius 3 is 2.46 bits per heavy atom. The van der Waals surface area contributed by atoms with E-state index >= 15 is 0 Å². The van der Waals surface area contributed by atoms with Gasteiger partial charge in [-0.05, 0) is 75.1 Å². The van der Waals surface area contributed by atoms with Gasteiger partial charge in [-0.2, -0.15) is 5.10 Å². The summed E-state index contributed by atoms with van der Waals surface area (Å²) in [6, 6.07) is 17.8. The summed E-state index contributed by atoms with van der Waals surface area (Å²) in [6.45, 7) is 1.84. The molecule has 2 heterocycles. The van der Waals surface area contributed by atoms with Crippen molar-refractivity contribution in [1.29, 1.82) is 0 Å². The Kier molecular flexibility index (Phi) is 6.43. The molecule has 0 unspecified atom stereocenters. The number of nitrogen functional groups attached to an aromatic ring is 1. The Balaban J connectivity index is 1.39. The lowest BCUT2D eigenvalue weighted by Gasteiger charge is -2.29. The van der Waals surface area contributed by atoms with Gasteiger partial charge in [0, 0.05) is 11.6 Å². The summed E-state index contributed by atoms with van der Waals surface area (Å²) in [5, 5.41) is 8.80. The number of nitrogens with zero attached hydrogens (tertiary/aromatic N) is 4. The first-order valence-electron chi connectivity index (χ1n) is 11.9. The summed E-state index contributed by atoms with van der Waals surface area (Å²) >= 11 is 0. The van der Waals surface area contributed by atoms with Crippen LogP contribution in [0.1, 0.15) is 38.6 Å². The van der Waals surface area contributed by atoms with Crippen LogP contribution in [0.15, 0.2) is 73.1 Å². The van der Waals surface area contributed by atoms with Gasteiger partial charge in [0.05, 0.1) is 11.4 Å². The molecular formula is C27H28N6O2. The van der Waals surface area contributed by atoms with Gasteiger partial charge in [0.2, 0.25) is 5.91 Å². The van der Waals surface area contributed by atoms with Crippen molar-refractivity contribution in [2.24, 2.45) is 0 Å². The summed E-state index contributed by atoms with van der Waals surface area (Å²) in [5.74, 6) is 1.90. The van der Waals surface area contributed by atoms with Crippen molar-refractivity contribution in [2.75, 3.05) is 5.73 Å². The van der Waals surface area contributed by atoms with Gasteiger partial charge >= 0.3 is 0 Å². The second-order valence-electron chi connectivity index (χ2n) is 8.70. The van der Waals surface area contributed by atoms with Crippen molar-refractivity contribution in [3.05, 3.63) is 73.1 Å². The minimum absolute atomic E-state index is 0.0389. The van der Waals surface area contributed by atoms with Crippen LogP contribution in [-0.2, 0) is 4.79 Å². The zero-order valence-corrected chi connectivity index (χ0v) is 19.6. The average Bonchev–Trinajstić information content (AvgIpc) is 3.27. The van der Waals surface area contributed by atoms with Gasteiger partial charge in [0.25, 0.3) is 0 Å². The molecular weight excluding hydrogens is 440 g/mol. The lowest BCUT2D eigenvalue weighted by molar-refractivity contribution is -0.117. The van der Waals surface area contributed by atoms with E-state index in [2.05, 4.69) is 15.3 Å². The zero-order chi connectivity index (χ0) is 24.2. The Hall–Kier alpha value is -4.20. The van der Waals surface area contributed by atoms with Crippen molar-refractivity contribution in [3.63, 3.8) is 0 Å². The van der Waals surface area contributed by atoms with Crippen LogP contribution in [0.25, 0.3) is 22.3 Å². The number of hydrogen-bond donors (Lipinski definition) is 2. The summed E-state index contributed by atoms with van der Waals surface area (Å²) in [5.41, 5.74) is 8.70. The van der Waals surface area contributed by atoms with Crippen LogP contribution in [0.3, 0.4) is 0 Å². The minimum Gasteiger partial charge on any atom is -0.457 e. The van der Waals surface area contributed by atoms with Crippen LogP contribution < -0.4 is 15.8 Å². The maximum absolute atomic E-state index is 11.9. The molecule has 1 aliphatic rings. The smallest absolute Gasteiger partial charge is 0.243 e. The SMILES string of the molecule is C/C=C/C(=O)N[C@H]1CC[C@@H](n2nc(-c3ccc(Oc4ccccc4)cc3)c3c(N)ncnc32)CC1. The normalized spacial score (nSPS) is 18.1. The van der Waals surface area contributed by atoms with Gasteiger partial charge in [0.15, 0.2) is 5.65 Å². The molecule has 1 saturated carbocycles. The second kappa shape index (κ2) is 9.97. The van der Waals surface area contributed by atoms with E-state index in [9.17, 15) is 4.79 Å². The highest BCUT2D eigenvalue weighted by Gasteiger charge is 2.27. The Morgan fingerprint density at radius 2 is 1.74 bits per heavy atom. The van der Waals surface area contributed by atoms with Gasteiger partial charge in [-0.25, -0.2) is 14.6 Å². The van der Waals surface area contributed by atoms with Crippen LogP contribution in [0.5, 0.6) is 11.5 Å². The lowest BCUT2D eigenvalue weighted by atomic mass is 9.91. The molecule has 5 rings (SSSR count). The van der Waals surface area contributed by atoms with E-state index in [-0.39, 0.29) is 18.0 Å². The molecule has 0 bridgehead atoms. The third-order valence-electron chi connectivity index (χ3n) is 6.33. The number of amides is 1. The number of allylic oxidation sites excluding steroid dienone is 1. The zero-order valence-electron chi connectivity index (χ0n) is 19.6. The number of ether oxygens (including phenoxy) is 1. The molecule has 2 aromatic carbocycles. The predicted molar refractivity (Wildman–Crippen MR) is 136 cm³/mol. The second-order valence-corrected chi connectivity index (χ2v) is 8.70. The number of rotatable bonds is 6. The molecule has 0 atom stereocenters.